The second-order valence-corrected chi connectivity index (χ2v) is 7.78. The Labute approximate surface area is 132 Å². The van der Waals surface area contributed by atoms with Crippen molar-refractivity contribution in [3.63, 3.8) is 0 Å². The molecule has 0 aliphatic carbocycles. The van der Waals surface area contributed by atoms with E-state index in [-0.39, 0.29) is 12.3 Å². The first-order valence-corrected chi connectivity index (χ1v) is 9.19. The van der Waals surface area contributed by atoms with E-state index in [1.807, 2.05) is 30.3 Å². The zero-order valence-corrected chi connectivity index (χ0v) is 13.6. The van der Waals surface area contributed by atoms with Crippen molar-refractivity contribution >= 4 is 26.3 Å². The second kappa shape index (κ2) is 6.11. The highest BCUT2D eigenvalue weighted by Crippen LogP contribution is 2.13. The number of fused-ring (bicyclic) bond motifs is 1. The maximum Gasteiger partial charge on any atom is 0.234 e. The normalized spacial score (nSPS) is 12.0. The first-order valence-electron chi connectivity index (χ1n) is 6.72. The van der Waals surface area contributed by atoms with Gasteiger partial charge in [0.15, 0.2) is 5.82 Å². The van der Waals surface area contributed by atoms with E-state index in [1.54, 1.807) is 11.4 Å². The number of nitrogens with one attached hydrogen (secondary N) is 1. The first kappa shape index (κ1) is 15.1. The summed E-state index contributed by atoms with van der Waals surface area (Å²) in [5.41, 5.74) is 1.00. The van der Waals surface area contributed by atoms with E-state index in [9.17, 15) is 8.42 Å². The molecule has 0 unspecified atom stereocenters. The number of sulfonamides is 1. The molecule has 2 heterocycles. The van der Waals surface area contributed by atoms with E-state index < -0.39 is 10.0 Å². The molecule has 0 fully saturated rings. The van der Waals surface area contributed by atoms with Crippen LogP contribution in [0.3, 0.4) is 0 Å². The predicted octanol–water partition coefficient (Wildman–Crippen LogP) is 1.16. The Kier molecular flexibility index (Phi) is 4.19. The van der Waals surface area contributed by atoms with Gasteiger partial charge in [-0.15, -0.1) is 10.2 Å². The van der Waals surface area contributed by atoms with Crippen molar-refractivity contribution in [3.8, 4) is 0 Å². The van der Waals surface area contributed by atoms with Crippen molar-refractivity contribution in [2.45, 2.75) is 19.9 Å². The van der Waals surface area contributed by atoms with E-state index in [4.69, 9.17) is 0 Å². The van der Waals surface area contributed by atoms with Gasteiger partial charge in [0.25, 0.3) is 0 Å². The summed E-state index contributed by atoms with van der Waals surface area (Å²) in [6.45, 7) is 1.97. The Morgan fingerprint density at radius 2 is 2.00 bits per heavy atom. The standard InChI is InChI=1S/C13H15N5O2S2/c1-10-15-16-13-18(10)17-12(21-13)9-14-22(19,20)8-7-11-5-3-2-4-6-11/h2-6,14H,7-9H2,1H3. The zero-order chi connectivity index (χ0) is 15.6. The molecule has 0 bridgehead atoms. The highest BCUT2D eigenvalue weighted by Gasteiger charge is 2.13. The van der Waals surface area contributed by atoms with Crippen LogP contribution in [0.4, 0.5) is 0 Å². The van der Waals surface area contributed by atoms with Gasteiger partial charge in [0.1, 0.15) is 5.01 Å². The van der Waals surface area contributed by atoms with E-state index in [1.165, 1.54) is 11.3 Å². The number of nitrogens with zero attached hydrogens (tertiary/aromatic N) is 4. The number of hydrogen-bond acceptors (Lipinski definition) is 6. The summed E-state index contributed by atoms with van der Waals surface area (Å²) in [5.74, 6) is 0.740. The molecule has 0 spiro atoms. The summed E-state index contributed by atoms with van der Waals surface area (Å²) in [4.78, 5) is 0.663. The van der Waals surface area contributed by atoms with Crippen molar-refractivity contribution in [2.75, 3.05) is 5.75 Å². The largest absolute Gasteiger partial charge is 0.234 e. The minimum absolute atomic E-state index is 0.0557. The third kappa shape index (κ3) is 3.49. The number of rotatable bonds is 6. The summed E-state index contributed by atoms with van der Waals surface area (Å²) < 4.78 is 28.2. The molecule has 9 heteroatoms. The quantitative estimate of drug-likeness (QED) is 0.729. The van der Waals surface area contributed by atoms with Gasteiger partial charge < -0.3 is 0 Å². The van der Waals surface area contributed by atoms with Crippen molar-refractivity contribution < 1.29 is 8.42 Å². The van der Waals surface area contributed by atoms with Gasteiger partial charge in [-0.25, -0.2) is 13.1 Å². The molecule has 116 valence electrons. The number of aromatic nitrogens is 4. The van der Waals surface area contributed by atoms with Crippen LogP contribution in [0.25, 0.3) is 4.96 Å². The number of aryl methyl sites for hydroxylation is 2. The van der Waals surface area contributed by atoms with Crippen LogP contribution in [-0.2, 0) is 23.0 Å². The van der Waals surface area contributed by atoms with Crippen molar-refractivity contribution in [1.82, 2.24) is 24.5 Å². The van der Waals surface area contributed by atoms with Crippen molar-refractivity contribution in [3.05, 3.63) is 46.7 Å². The van der Waals surface area contributed by atoms with E-state index >= 15 is 0 Å². The average molecular weight is 337 g/mol. The summed E-state index contributed by atoms with van der Waals surface area (Å²) in [7, 11) is -3.34. The van der Waals surface area contributed by atoms with Gasteiger partial charge in [0, 0.05) is 0 Å². The fourth-order valence-corrected chi connectivity index (χ4v) is 3.88. The lowest BCUT2D eigenvalue weighted by molar-refractivity contribution is 0.580. The molecule has 3 aromatic rings. The summed E-state index contributed by atoms with van der Waals surface area (Å²) >= 11 is 1.32. The first-order chi connectivity index (χ1) is 10.5. The van der Waals surface area contributed by atoms with Crippen LogP contribution in [0, 0.1) is 6.92 Å². The van der Waals surface area contributed by atoms with Crippen LogP contribution < -0.4 is 4.72 Å². The van der Waals surface area contributed by atoms with Gasteiger partial charge in [-0.1, -0.05) is 41.7 Å². The topological polar surface area (TPSA) is 89.2 Å². The van der Waals surface area contributed by atoms with Gasteiger partial charge in [0.05, 0.1) is 12.3 Å². The smallest absolute Gasteiger partial charge is 0.212 e. The molecule has 0 aliphatic heterocycles. The fourth-order valence-electron chi connectivity index (χ4n) is 1.97. The predicted molar refractivity (Wildman–Crippen MR) is 84.2 cm³/mol. The van der Waals surface area contributed by atoms with Gasteiger partial charge in [-0.05, 0) is 18.9 Å². The van der Waals surface area contributed by atoms with Crippen LogP contribution in [-0.4, -0.2) is 34.0 Å². The third-order valence-electron chi connectivity index (χ3n) is 3.13. The van der Waals surface area contributed by atoms with Gasteiger partial charge in [0.2, 0.25) is 15.0 Å². The van der Waals surface area contributed by atoms with E-state index in [0.717, 1.165) is 5.56 Å². The van der Waals surface area contributed by atoms with Crippen LogP contribution >= 0.6 is 11.3 Å². The molecular formula is C13H15N5O2S2. The second-order valence-electron chi connectivity index (χ2n) is 4.81. The summed E-state index contributed by atoms with van der Waals surface area (Å²) in [6, 6.07) is 9.54. The SMILES string of the molecule is Cc1nnc2sc(CNS(=O)(=O)CCc3ccccc3)nn12. The third-order valence-corrected chi connectivity index (χ3v) is 5.36. The van der Waals surface area contributed by atoms with E-state index in [0.29, 0.717) is 22.2 Å². The Hall–Kier alpha value is -1.84. The highest BCUT2D eigenvalue weighted by atomic mass is 32.2. The molecule has 0 aliphatic rings. The molecule has 1 aromatic carbocycles. The molecule has 0 amide bonds. The maximum atomic E-state index is 12.0. The minimum atomic E-state index is -3.34. The van der Waals surface area contributed by atoms with Crippen LogP contribution in [0.1, 0.15) is 16.4 Å². The van der Waals surface area contributed by atoms with Crippen LogP contribution in [0.5, 0.6) is 0 Å². The Bertz CT molecular complexity index is 870. The van der Waals surface area contributed by atoms with Gasteiger partial charge in [-0.3, -0.25) is 0 Å². The van der Waals surface area contributed by atoms with E-state index in [2.05, 4.69) is 20.0 Å². The minimum Gasteiger partial charge on any atom is -0.212 e. The molecule has 2 aromatic heterocycles. The Morgan fingerprint density at radius 3 is 2.73 bits per heavy atom. The lowest BCUT2D eigenvalue weighted by atomic mass is 10.2. The molecule has 0 saturated carbocycles. The molecule has 22 heavy (non-hydrogen) atoms. The van der Waals surface area contributed by atoms with Crippen molar-refractivity contribution in [2.24, 2.45) is 0 Å². The summed E-state index contributed by atoms with van der Waals surface area (Å²) in [5, 5.41) is 12.8. The van der Waals surface area contributed by atoms with Crippen LogP contribution in [0.15, 0.2) is 30.3 Å². The lowest BCUT2D eigenvalue weighted by Crippen LogP contribution is -2.26. The fraction of sp³-hybridized carbons (Fsp3) is 0.308. The lowest BCUT2D eigenvalue weighted by Gasteiger charge is -2.05. The molecule has 7 nitrogen and oxygen atoms in total. The summed E-state index contributed by atoms with van der Waals surface area (Å²) in [6.07, 6.45) is 0.486. The molecule has 3 rings (SSSR count). The Morgan fingerprint density at radius 1 is 1.23 bits per heavy atom. The Balaban J connectivity index is 1.59. The monoisotopic (exact) mass is 337 g/mol. The van der Waals surface area contributed by atoms with Crippen molar-refractivity contribution in [1.29, 1.82) is 0 Å². The molecule has 0 saturated heterocycles. The number of hydrogen-bond donors (Lipinski definition) is 1. The van der Waals surface area contributed by atoms with Gasteiger partial charge in [-0.2, -0.15) is 9.61 Å². The van der Waals surface area contributed by atoms with Gasteiger partial charge >= 0.3 is 0 Å². The maximum absolute atomic E-state index is 12.0. The molecular weight excluding hydrogens is 322 g/mol. The zero-order valence-electron chi connectivity index (χ0n) is 11.9. The van der Waals surface area contributed by atoms with Crippen LogP contribution in [0.2, 0.25) is 0 Å². The highest BCUT2D eigenvalue weighted by molar-refractivity contribution is 7.89. The molecule has 1 N–H and O–H groups in total. The molecule has 0 radical (unpaired) electrons. The molecule has 0 atom stereocenters. The number of benzene rings is 1. The average Bonchev–Trinajstić information content (AvgIpc) is 3.07.